The SMILES string of the molecule is COc1ccc(OC)c(-c2cc(C(=O)N=c3ccccn3Cc3ccccc3)no2)c1. The van der Waals surface area contributed by atoms with Gasteiger partial charge in [0.15, 0.2) is 11.5 Å². The highest BCUT2D eigenvalue weighted by Crippen LogP contribution is 2.33. The molecule has 7 nitrogen and oxygen atoms in total. The molecule has 4 aromatic rings. The summed E-state index contributed by atoms with van der Waals surface area (Å²) in [6.45, 7) is 0.596. The fourth-order valence-corrected chi connectivity index (χ4v) is 3.15. The van der Waals surface area contributed by atoms with Gasteiger partial charge < -0.3 is 18.6 Å². The van der Waals surface area contributed by atoms with E-state index in [1.54, 1.807) is 44.6 Å². The molecule has 7 heteroatoms. The van der Waals surface area contributed by atoms with E-state index in [9.17, 15) is 4.79 Å². The topological polar surface area (TPSA) is 78.9 Å². The third-order valence-corrected chi connectivity index (χ3v) is 4.73. The summed E-state index contributed by atoms with van der Waals surface area (Å²) in [5, 5.41) is 3.91. The Bertz CT molecular complexity index is 1260. The van der Waals surface area contributed by atoms with Gasteiger partial charge in [-0.3, -0.25) is 4.79 Å². The van der Waals surface area contributed by atoms with Crippen molar-refractivity contribution in [2.75, 3.05) is 14.2 Å². The Morgan fingerprint density at radius 2 is 1.81 bits per heavy atom. The van der Waals surface area contributed by atoms with E-state index in [2.05, 4.69) is 10.1 Å². The van der Waals surface area contributed by atoms with Crippen LogP contribution in [0, 0.1) is 0 Å². The van der Waals surface area contributed by atoms with Crippen LogP contribution in [0.5, 0.6) is 11.5 Å². The number of nitrogens with zero attached hydrogens (tertiary/aromatic N) is 3. The molecule has 0 saturated carbocycles. The molecule has 31 heavy (non-hydrogen) atoms. The molecule has 156 valence electrons. The molecule has 0 bridgehead atoms. The van der Waals surface area contributed by atoms with Gasteiger partial charge in [-0.25, -0.2) is 0 Å². The summed E-state index contributed by atoms with van der Waals surface area (Å²) in [4.78, 5) is 17.0. The summed E-state index contributed by atoms with van der Waals surface area (Å²) in [6, 6.07) is 22.3. The van der Waals surface area contributed by atoms with Crippen LogP contribution in [0.1, 0.15) is 16.1 Å². The van der Waals surface area contributed by atoms with Crippen LogP contribution in [0.2, 0.25) is 0 Å². The van der Waals surface area contributed by atoms with Crippen molar-refractivity contribution in [3.8, 4) is 22.8 Å². The molecule has 0 aliphatic rings. The van der Waals surface area contributed by atoms with E-state index in [0.717, 1.165) is 5.56 Å². The largest absolute Gasteiger partial charge is 0.497 e. The lowest BCUT2D eigenvalue weighted by Crippen LogP contribution is -2.22. The minimum atomic E-state index is -0.495. The maximum absolute atomic E-state index is 12.8. The van der Waals surface area contributed by atoms with Gasteiger partial charge in [0.25, 0.3) is 0 Å². The fourth-order valence-electron chi connectivity index (χ4n) is 3.15. The second kappa shape index (κ2) is 9.13. The fraction of sp³-hybridized carbons (Fsp3) is 0.125. The van der Waals surface area contributed by atoms with Crippen molar-refractivity contribution in [2.24, 2.45) is 4.99 Å². The number of rotatable bonds is 6. The number of ether oxygens (including phenoxy) is 2. The van der Waals surface area contributed by atoms with E-state index in [0.29, 0.717) is 34.9 Å². The Kier molecular flexibility index (Phi) is 5.93. The first-order valence-corrected chi connectivity index (χ1v) is 9.65. The first kappa shape index (κ1) is 20.2. The highest BCUT2D eigenvalue weighted by molar-refractivity contribution is 5.94. The number of hydrogen-bond donors (Lipinski definition) is 0. The quantitative estimate of drug-likeness (QED) is 0.476. The summed E-state index contributed by atoms with van der Waals surface area (Å²) in [6.07, 6.45) is 1.88. The summed E-state index contributed by atoms with van der Waals surface area (Å²) < 4.78 is 18.0. The van der Waals surface area contributed by atoms with Crippen LogP contribution >= 0.6 is 0 Å². The lowest BCUT2D eigenvalue weighted by molar-refractivity contribution is 0.0988. The third-order valence-electron chi connectivity index (χ3n) is 4.73. The minimum Gasteiger partial charge on any atom is -0.497 e. The molecule has 2 aromatic carbocycles. The number of amides is 1. The number of hydrogen-bond acceptors (Lipinski definition) is 5. The highest BCUT2D eigenvalue weighted by Gasteiger charge is 2.17. The lowest BCUT2D eigenvalue weighted by Gasteiger charge is -2.07. The molecule has 0 atom stereocenters. The molecule has 0 aliphatic heterocycles. The molecule has 0 N–H and O–H groups in total. The molecular formula is C24H21N3O4. The number of carbonyl (C=O) groups excluding carboxylic acids is 1. The van der Waals surface area contributed by atoms with Crippen LogP contribution in [0.4, 0.5) is 0 Å². The van der Waals surface area contributed by atoms with E-state index in [-0.39, 0.29) is 5.69 Å². The number of aromatic nitrogens is 2. The van der Waals surface area contributed by atoms with Crippen molar-refractivity contribution >= 4 is 5.91 Å². The molecule has 0 aliphatic carbocycles. The monoisotopic (exact) mass is 415 g/mol. The van der Waals surface area contributed by atoms with E-state index < -0.39 is 5.91 Å². The van der Waals surface area contributed by atoms with E-state index >= 15 is 0 Å². The number of methoxy groups -OCH3 is 2. The lowest BCUT2D eigenvalue weighted by atomic mass is 10.1. The van der Waals surface area contributed by atoms with Gasteiger partial charge in [-0.15, -0.1) is 0 Å². The first-order valence-electron chi connectivity index (χ1n) is 9.65. The van der Waals surface area contributed by atoms with Gasteiger partial charge in [0.1, 0.15) is 17.0 Å². The normalized spacial score (nSPS) is 11.4. The van der Waals surface area contributed by atoms with Crippen LogP contribution in [0.3, 0.4) is 0 Å². The zero-order chi connectivity index (χ0) is 21.6. The molecule has 0 unspecified atom stereocenters. The minimum absolute atomic E-state index is 0.106. The van der Waals surface area contributed by atoms with E-state index in [1.165, 1.54) is 0 Å². The second-order valence-electron chi connectivity index (χ2n) is 6.73. The zero-order valence-corrected chi connectivity index (χ0v) is 17.2. The van der Waals surface area contributed by atoms with Gasteiger partial charge >= 0.3 is 5.91 Å². The van der Waals surface area contributed by atoms with Crippen LogP contribution in [-0.2, 0) is 6.54 Å². The number of pyridine rings is 1. The number of benzene rings is 2. The average molecular weight is 415 g/mol. The molecule has 2 heterocycles. The van der Waals surface area contributed by atoms with Gasteiger partial charge in [-0.2, -0.15) is 4.99 Å². The Hall–Kier alpha value is -4.13. The van der Waals surface area contributed by atoms with Crippen molar-refractivity contribution < 1.29 is 18.8 Å². The van der Waals surface area contributed by atoms with Crippen molar-refractivity contribution in [3.63, 3.8) is 0 Å². The van der Waals surface area contributed by atoms with E-state index in [1.807, 2.05) is 53.2 Å². The van der Waals surface area contributed by atoms with Gasteiger partial charge in [0.05, 0.1) is 19.8 Å². The Balaban J connectivity index is 1.64. The van der Waals surface area contributed by atoms with Crippen molar-refractivity contribution in [1.82, 2.24) is 9.72 Å². The first-order chi connectivity index (χ1) is 15.2. The van der Waals surface area contributed by atoms with E-state index in [4.69, 9.17) is 14.0 Å². The van der Waals surface area contributed by atoms with Crippen molar-refractivity contribution in [2.45, 2.75) is 6.54 Å². The molecule has 0 fully saturated rings. The summed E-state index contributed by atoms with van der Waals surface area (Å²) >= 11 is 0. The van der Waals surface area contributed by atoms with Crippen LogP contribution in [0.25, 0.3) is 11.3 Å². The van der Waals surface area contributed by atoms with Crippen LogP contribution in [-0.4, -0.2) is 29.9 Å². The smallest absolute Gasteiger partial charge is 0.301 e. The maximum Gasteiger partial charge on any atom is 0.301 e. The standard InChI is InChI=1S/C24H21N3O4/c1-29-18-11-12-21(30-2)19(14-18)22-15-20(26-31-22)24(28)25-23-10-6-7-13-27(23)16-17-8-4-3-5-9-17/h3-15H,16H2,1-2H3. The molecule has 0 radical (unpaired) electrons. The summed E-state index contributed by atoms with van der Waals surface area (Å²) in [7, 11) is 3.13. The predicted molar refractivity (Wildman–Crippen MR) is 115 cm³/mol. The molecule has 4 rings (SSSR count). The maximum atomic E-state index is 12.8. The predicted octanol–water partition coefficient (Wildman–Crippen LogP) is 3.95. The molecule has 1 amide bonds. The third kappa shape index (κ3) is 4.56. The van der Waals surface area contributed by atoms with Crippen LogP contribution in [0.15, 0.2) is 88.5 Å². The summed E-state index contributed by atoms with van der Waals surface area (Å²) in [5.74, 6) is 1.11. The Labute approximate surface area is 179 Å². The average Bonchev–Trinajstić information content (AvgIpc) is 3.31. The molecule has 2 aromatic heterocycles. The van der Waals surface area contributed by atoms with Gasteiger partial charge in [-0.1, -0.05) is 41.6 Å². The Morgan fingerprint density at radius 1 is 1.00 bits per heavy atom. The van der Waals surface area contributed by atoms with Gasteiger partial charge in [-0.05, 0) is 35.9 Å². The number of carbonyl (C=O) groups is 1. The second-order valence-corrected chi connectivity index (χ2v) is 6.73. The van der Waals surface area contributed by atoms with Crippen LogP contribution < -0.4 is 15.0 Å². The molecule has 0 saturated heterocycles. The van der Waals surface area contributed by atoms with Gasteiger partial charge in [0.2, 0.25) is 0 Å². The van der Waals surface area contributed by atoms with Crippen molar-refractivity contribution in [1.29, 1.82) is 0 Å². The molecular weight excluding hydrogens is 394 g/mol. The van der Waals surface area contributed by atoms with Crippen molar-refractivity contribution in [3.05, 3.63) is 95.7 Å². The molecule has 0 spiro atoms. The summed E-state index contributed by atoms with van der Waals surface area (Å²) in [5.41, 5.74) is 2.37. The van der Waals surface area contributed by atoms with Gasteiger partial charge in [0, 0.05) is 18.8 Å². The highest BCUT2D eigenvalue weighted by atomic mass is 16.5. The zero-order valence-electron chi connectivity index (χ0n) is 17.2. The Morgan fingerprint density at radius 3 is 2.58 bits per heavy atom.